The van der Waals surface area contributed by atoms with Gasteiger partial charge in [0.05, 0.1) is 12.2 Å². The van der Waals surface area contributed by atoms with Crippen LogP contribution in [0.2, 0.25) is 0 Å². The molecule has 0 bridgehead atoms. The van der Waals surface area contributed by atoms with Crippen molar-refractivity contribution in [3.05, 3.63) is 29.8 Å². The summed E-state index contributed by atoms with van der Waals surface area (Å²) >= 11 is 0. The lowest BCUT2D eigenvalue weighted by atomic mass is 9.70. The van der Waals surface area contributed by atoms with Gasteiger partial charge in [-0.1, -0.05) is 18.2 Å². The molecule has 0 aromatic heterocycles. The predicted octanol–water partition coefficient (Wildman–Crippen LogP) is 2.68. The second-order valence-corrected chi connectivity index (χ2v) is 8.94. The third-order valence-electron chi connectivity index (χ3n) is 6.50. The van der Waals surface area contributed by atoms with Crippen molar-refractivity contribution in [2.24, 2.45) is 11.8 Å². The van der Waals surface area contributed by atoms with Gasteiger partial charge in [-0.2, -0.15) is 0 Å². The number of likely N-dealkylation sites (tertiary alicyclic amines) is 1. The van der Waals surface area contributed by atoms with E-state index in [9.17, 15) is 9.59 Å². The molecule has 2 saturated heterocycles. The average molecular weight is 386 g/mol. The third-order valence-corrected chi connectivity index (χ3v) is 6.50. The first kappa shape index (κ1) is 19.2. The molecule has 28 heavy (non-hydrogen) atoms. The lowest BCUT2D eigenvalue weighted by Crippen LogP contribution is -2.57. The van der Waals surface area contributed by atoms with Crippen molar-refractivity contribution >= 4 is 11.8 Å². The van der Waals surface area contributed by atoms with E-state index in [2.05, 4.69) is 25.2 Å². The number of fused-ring (bicyclic) bond motifs is 4. The normalized spacial score (nSPS) is 31.5. The number of piperidine rings is 1. The number of carbonyl (C=O) groups is 2. The highest BCUT2D eigenvalue weighted by Gasteiger charge is 2.51. The summed E-state index contributed by atoms with van der Waals surface area (Å²) in [6.07, 6.45) is 2.00. The summed E-state index contributed by atoms with van der Waals surface area (Å²) in [5.41, 5.74) is 0.822. The minimum atomic E-state index is -0.493. The van der Waals surface area contributed by atoms with Crippen LogP contribution in [0.15, 0.2) is 24.3 Å². The van der Waals surface area contributed by atoms with Crippen molar-refractivity contribution in [3.63, 3.8) is 0 Å². The maximum Gasteiger partial charge on any atom is 0.244 e. The molecule has 4 rings (SSSR count). The highest BCUT2D eigenvalue weighted by Crippen LogP contribution is 2.52. The van der Waals surface area contributed by atoms with Crippen LogP contribution in [0, 0.1) is 11.8 Å². The molecular formula is C22H30N2O4. The number of amides is 2. The number of para-hydroxylation sites is 1. The monoisotopic (exact) mass is 386 g/mol. The predicted molar refractivity (Wildman–Crippen MR) is 105 cm³/mol. The molecule has 0 saturated carbocycles. The first-order chi connectivity index (χ1) is 13.3. The Morgan fingerprint density at radius 3 is 2.79 bits per heavy atom. The Balaban J connectivity index is 1.51. The molecule has 3 aliphatic rings. The number of hydrogen-bond donors (Lipinski definition) is 1. The van der Waals surface area contributed by atoms with Crippen LogP contribution in [0.25, 0.3) is 0 Å². The van der Waals surface area contributed by atoms with E-state index in [-0.39, 0.29) is 41.5 Å². The molecule has 3 heterocycles. The van der Waals surface area contributed by atoms with Crippen LogP contribution in [0.3, 0.4) is 0 Å². The molecule has 3 aliphatic heterocycles. The Bertz CT molecular complexity index is 778. The zero-order chi connectivity index (χ0) is 20.1. The number of rotatable bonds is 2. The Labute approximate surface area is 166 Å². The number of carbonyl (C=O) groups excluding carboxylic acids is 2. The molecule has 1 aromatic carbocycles. The van der Waals surface area contributed by atoms with Gasteiger partial charge in [0.15, 0.2) is 0 Å². The molecule has 1 N–H and O–H groups in total. The maximum atomic E-state index is 12.7. The van der Waals surface area contributed by atoms with Gasteiger partial charge in [-0.3, -0.25) is 9.59 Å². The topological polar surface area (TPSA) is 67.9 Å². The van der Waals surface area contributed by atoms with Gasteiger partial charge in [0.2, 0.25) is 11.8 Å². The van der Waals surface area contributed by atoms with E-state index in [0.29, 0.717) is 13.1 Å². The summed E-state index contributed by atoms with van der Waals surface area (Å²) in [5, 5.41) is 2.70. The first-order valence-corrected chi connectivity index (χ1v) is 10.3. The summed E-state index contributed by atoms with van der Waals surface area (Å²) in [6, 6.07) is 7.68. The second-order valence-electron chi connectivity index (χ2n) is 8.94. The van der Waals surface area contributed by atoms with Gasteiger partial charge in [0.1, 0.15) is 17.4 Å². The van der Waals surface area contributed by atoms with Crippen molar-refractivity contribution in [3.8, 4) is 5.75 Å². The Morgan fingerprint density at radius 1 is 1.29 bits per heavy atom. The van der Waals surface area contributed by atoms with Crippen molar-refractivity contribution in [1.29, 1.82) is 0 Å². The van der Waals surface area contributed by atoms with Crippen molar-refractivity contribution in [2.45, 2.75) is 64.4 Å². The lowest BCUT2D eigenvalue weighted by Gasteiger charge is -2.53. The number of hydrogen-bond acceptors (Lipinski definition) is 4. The van der Waals surface area contributed by atoms with Crippen molar-refractivity contribution in [2.75, 3.05) is 13.1 Å². The van der Waals surface area contributed by atoms with Crippen LogP contribution < -0.4 is 10.1 Å². The van der Waals surface area contributed by atoms with E-state index in [1.807, 2.05) is 23.1 Å². The first-order valence-electron chi connectivity index (χ1n) is 10.3. The van der Waals surface area contributed by atoms with Gasteiger partial charge in [0, 0.05) is 37.4 Å². The number of benzene rings is 1. The molecule has 0 radical (unpaired) electrons. The highest BCUT2D eigenvalue weighted by molar-refractivity contribution is 5.86. The zero-order valence-corrected chi connectivity index (χ0v) is 17.1. The molecule has 6 nitrogen and oxygen atoms in total. The van der Waals surface area contributed by atoms with Crippen LogP contribution in [0.4, 0.5) is 0 Å². The fourth-order valence-electron chi connectivity index (χ4n) is 5.10. The van der Waals surface area contributed by atoms with Crippen LogP contribution >= 0.6 is 0 Å². The average Bonchev–Trinajstić information content (AvgIpc) is 2.65. The third kappa shape index (κ3) is 3.39. The van der Waals surface area contributed by atoms with Crippen LogP contribution in [0.1, 0.15) is 52.2 Å². The van der Waals surface area contributed by atoms with Crippen LogP contribution in [-0.4, -0.2) is 47.6 Å². The Kier molecular flexibility index (Phi) is 4.86. The maximum absolute atomic E-state index is 12.7. The molecular weight excluding hydrogens is 356 g/mol. The van der Waals surface area contributed by atoms with E-state index in [1.54, 1.807) is 6.92 Å². The van der Waals surface area contributed by atoms with E-state index in [4.69, 9.17) is 9.47 Å². The highest BCUT2D eigenvalue weighted by atomic mass is 16.5. The fourth-order valence-corrected chi connectivity index (χ4v) is 5.10. The van der Waals surface area contributed by atoms with Crippen molar-refractivity contribution < 1.29 is 19.1 Å². The quantitative estimate of drug-likeness (QED) is 0.849. The largest absolute Gasteiger partial charge is 0.487 e. The molecule has 5 atom stereocenters. The van der Waals surface area contributed by atoms with Gasteiger partial charge >= 0.3 is 0 Å². The number of ether oxygens (including phenoxy) is 2. The SMILES string of the molecule is CC(=O)N[C@H](C)C(=O)N1CC[C@@H]2O[C@@H]3c4ccccc4OC(C)(C)[C@H]3C[C@@H]2C1. The van der Waals surface area contributed by atoms with Crippen LogP contribution in [0.5, 0.6) is 5.75 Å². The zero-order valence-electron chi connectivity index (χ0n) is 17.1. The summed E-state index contributed by atoms with van der Waals surface area (Å²) < 4.78 is 12.9. The minimum Gasteiger partial charge on any atom is -0.487 e. The number of nitrogens with zero attached hydrogens (tertiary/aromatic N) is 1. The van der Waals surface area contributed by atoms with Gasteiger partial charge in [-0.15, -0.1) is 0 Å². The molecule has 6 heteroatoms. The fraction of sp³-hybridized carbons (Fsp3) is 0.636. The van der Waals surface area contributed by atoms with Gasteiger partial charge in [-0.25, -0.2) is 0 Å². The second kappa shape index (κ2) is 7.07. The van der Waals surface area contributed by atoms with Crippen LogP contribution in [-0.2, 0) is 14.3 Å². The molecule has 0 spiro atoms. The molecule has 1 aromatic rings. The molecule has 0 aliphatic carbocycles. The van der Waals surface area contributed by atoms with E-state index in [0.717, 1.165) is 24.2 Å². The van der Waals surface area contributed by atoms with Crippen molar-refractivity contribution in [1.82, 2.24) is 10.2 Å². The van der Waals surface area contributed by atoms with Gasteiger partial charge < -0.3 is 19.7 Å². The molecule has 2 amide bonds. The standard InChI is InChI=1S/C22H30N2O4/c1-13(23-14(2)25)21(26)24-10-9-18-15(12-24)11-17-20(27-18)16-7-5-6-8-19(16)28-22(17,3)4/h5-8,13,15,17-18,20H,9-12H2,1-4H3,(H,23,25)/t13-,15-,17+,18+,20-/m1/s1. The Hall–Kier alpha value is -2.08. The van der Waals surface area contributed by atoms with Gasteiger partial charge in [-0.05, 0) is 39.7 Å². The summed E-state index contributed by atoms with van der Waals surface area (Å²) in [7, 11) is 0. The molecule has 2 fully saturated rings. The lowest BCUT2D eigenvalue weighted by molar-refractivity contribution is -0.189. The summed E-state index contributed by atoms with van der Waals surface area (Å²) in [5.74, 6) is 1.26. The Morgan fingerprint density at radius 2 is 2.04 bits per heavy atom. The smallest absolute Gasteiger partial charge is 0.244 e. The molecule has 152 valence electrons. The van der Waals surface area contributed by atoms with E-state index in [1.165, 1.54) is 6.92 Å². The van der Waals surface area contributed by atoms with E-state index >= 15 is 0 Å². The summed E-state index contributed by atoms with van der Waals surface area (Å²) in [4.78, 5) is 25.9. The minimum absolute atomic E-state index is 0.0136. The molecule has 0 unspecified atom stereocenters. The van der Waals surface area contributed by atoms with Gasteiger partial charge in [0.25, 0.3) is 0 Å². The van der Waals surface area contributed by atoms with E-state index < -0.39 is 6.04 Å². The number of nitrogens with one attached hydrogen (secondary N) is 1. The summed E-state index contributed by atoms with van der Waals surface area (Å²) in [6.45, 7) is 8.80.